The lowest BCUT2D eigenvalue weighted by Crippen LogP contribution is -2.47. The monoisotopic (exact) mass is 437 g/mol. The Balaban J connectivity index is 1.51. The van der Waals surface area contributed by atoms with E-state index in [0.29, 0.717) is 29.5 Å². The van der Waals surface area contributed by atoms with E-state index in [1.54, 1.807) is 17.8 Å². The maximum Gasteiger partial charge on any atom is 0.269 e. The second-order valence-electron chi connectivity index (χ2n) is 7.14. The van der Waals surface area contributed by atoms with Crippen LogP contribution in [0.1, 0.15) is 5.56 Å². The van der Waals surface area contributed by atoms with Gasteiger partial charge in [0.2, 0.25) is 5.91 Å². The van der Waals surface area contributed by atoms with Crippen LogP contribution in [0.25, 0.3) is 10.9 Å². The second kappa shape index (κ2) is 8.67. The van der Waals surface area contributed by atoms with Gasteiger partial charge in [-0.3, -0.25) is 14.9 Å². The van der Waals surface area contributed by atoms with Crippen molar-refractivity contribution in [3.8, 4) is 17.6 Å². The van der Waals surface area contributed by atoms with E-state index in [1.807, 2.05) is 18.3 Å². The Morgan fingerprint density at radius 2 is 2.10 bits per heavy atom. The number of non-ortho nitro benzene ring substituents is 1. The molecule has 2 aromatic carbocycles. The number of carbonyl (C=O) groups is 1. The highest BCUT2D eigenvalue weighted by atomic mass is 32.2. The first-order valence-electron chi connectivity index (χ1n) is 9.52. The molecule has 1 amide bonds. The first-order chi connectivity index (χ1) is 15.0. The number of nitrogens with two attached hydrogens (primary N) is 1. The smallest absolute Gasteiger partial charge is 0.269 e. The molecule has 1 saturated heterocycles. The first kappa shape index (κ1) is 20.7. The van der Waals surface area contributed by atoms with Crippen LogP contribution >= 0.6 is 11.8 Å². The van der Waals surface area contributed by atoms with Gasteiger partial charge in [-0.15, -0.1) is 11.8 Å². The molecule has 3 aromatic rings. The zero-order chi connectivity index (χ0) is 22.0. The summed E-state index contributed by atoms with van der Waals surface area (Å²) in [6.45, 7) is 0. The number of benzene rings is 2. The van der Waals surface area contributed by atoms with Gasteiger partial charge in [0, 0.05) is 35.0 Å². The van der Waals surface area contributed by atoms with Crippen molar-refractivity contribution in [2.75, 3.05) is 11.6 Å². The Morgan fingerprint density at radius 1 is 1.35 bits per heavy atom. The van der Waals surface area contributed by atoms with Crippen molar-refractivity contribution in [3.63, 3.8) is 0 Å². The van der Waals surface area contributed by atoms with Crippen LogP contribution in [0.3, 0.4) is 0 Å². The van der Waals surface area contributed by atoms with Crippen molar-refractivity contribution in [2.45, 2.75) is 18.5 Å². The molecule has 0 saturated carbocycles. The average Bonchev–Trinajstić information content (AvgIpc) is 3.40. The minimum Gasteiger partial charge on any atom is -0.457 e. The van der Waals surface area contributed by atoms with Crippen molar-refractivity contribution in [3.05, 3.63) is 64.3 Å². The van der Waals surface area contributed by atoms with Crippen molar-refractivity contribution in [2.24, 2.45) is 5.73 Å². The number of thioether (sulfide) groups is 1. The fourth-order valence-electron chi connectivity index (χ4n) is 3.47. The topological polar surface area (TPSA) is 138 Å². The molecule has 2 heterocycles. The number of fused-ring (bicyclic) bond motifs is 1. The lowest BCUT2D eigenvalue weighted by atomic mass is 10.0. The van der Waals surface area contributed by atoms with E-state index in [-0.39, 0.29) is 11.6 Å². The fourth-order valence-corrected chi connectivity index (χ4v) is 4.55. The van der Waals surface area contributed by atoms with E-state index < -0.39 is 17.0 Å². The number of nitrogens with zero attached hydrogens (tertiary/aromatic N) is 3. The summed E-state index contributed by atoms with van der Waals surface area (Å²) < 4.78 is 5.83. The molecule has 3 N–H and O–H groups in total. The van der Waals surface area contributed by atoms with Gasteiger partial charge in [0.05, 0.1) is 22.9 Å². The average molecular weight is 437 g/mol. The molecule has 2 atom stereocenters. The number of aromatic nitrogens is 1. The zero-order valence-corrected chi connectivity index (χ0v) is 17.2. The molecule has 31 heavy (non-hydrogen) atoms. The second-order valence-corrected chi connectivity index (χ2v) is 8.14. The first-order valence-corrected chi connectivity index (χ1v) is 10.7. The number of carbonyl (C=O) groups excluding carboxylic acids is 1. The Labute approximate surface area is 181 Å². The third-order valence-corrected chi connectivity index (χ3v) is 6.11. The summed E-state index contributed by atoms with van der Waals surface area (Å²) in [5.74, 6) is 1.88. The third kappa shape index (κ3) is 4.33. The SMILES string of the molecule is N#C[C@H]1CSCN1C(=O)[C@@H](N)Cc1c[nH]c2ccc(Oc3ccc([N+](=O)[O-])cc3)cc12. The van der Waals surface area contributed by atoms with Crippen molar-refractivity contribution >= 4 is 34.3 Å². The molecule has 1 fully saturated rings. The van der Waals surface area contributed by atoms with Gasteiger partial charge in [0.1, 0.15) is 17.5 Å². The Morgan fingerprint density at radius 3 is 2.81 bits per heavy atom. The Hall–Kier alpha value is -3.55. The quantitative estimate of drug-likeness (QED) is 0.446. The van der Waals surface area contributed by atoms with E-state index in [2.05, 4.69) is 11.1 Å². The minimum absolute atomic E-state index is 0.00980. The lowest BCUT2D eigenvalue weighted by Gasteiger charge is -2.22. The number of hydrogen-bond acceptors (Lipinski definition) is 7. The summed E-state index contributed by atoms with van der Waals surface area (Å²) in [7, 11) is 0. The lowest BCUT2D eigenvalue weighted by molar-refractivity contribution is -0.384. The molecular formula is C21H19N5O4S. The van der Waals surface area contributed by atoms with Gasteiger partial charge in [0.25, 0.3) is 5.69 Å². The van der Waals surface area contributed by atoms with Crippen LogP contribution < -0.4 is 10.5 Å². The molecule has 158 valence electrons. The molecular weight excluding hydrogens is 418 g/mol. The van der Waals surface area contributed by atoms with E-state index in [0.717, 1.165) is 16.5 Å². The number of aromatic amines is 1. The number of nitro groups is 1. The van der Waals surface area contributed by atoms with E-state index in [9.17, 15) is 20.2 Å². The molecule has 1 aliphatic heterocycles. The predicted octanol–water partition coefficient (Wildman–Crippen LogP) is 3.16. The number of hydrogen-bond donors (Lipinski definition) is 2. The molecule has 4 rings (SSSR count). The molecule has 0 unspecified atom stereocenters. The summed E-state index contributed by atoms with van der Waals surface area (Å²) in [6, 6.07) is 12.3. The third-order valence-electron chi connectivity index (χ3n) is 5.09. The Bertz CT molecular complexity index is 1170. The van der Waals surface area contributed by atoms with Crippen molar-refractivity contribution < 1.29 is 14.5 Å². The van der Waals surface area contributed by atoms with Gasteiger partial charge in [0.15, 0.2) is 0 Å². The maximum absolute atomic E-state index is 12.7. The highest BCUT2D eigenvalue weighted by Crippen LogP contribution is 2.29. The zero-order valence-electron chi connectivity index (χ0n) is 16.4. The number of amides is 1. The number of rotatable bonds is 6. The van der Waals surface area contributed by atoms with Crippen LogP contribution in [0.4, 0.5) is 5.69 Å². The number of ether oxygens (including phenoxy) is 1. The summed E-state index contributed by atoms with van der Waals surface area (Å²) in [6.07, 6.45) is 2.13. The van der Waals surface area contributed by atoms with Crippen LogP contribution in [-0.2, 0) is 11.2 Å². The fraction of sp³-hybridized carbons (Fsp3) is 0.238. The summed E-state index contributed by atoms with van der Waals surface area (Å²) in [5, 5.41) is 20.9. The predicted molar refractivity (Wildman–Crippen MR) is 117 cm³/mol. The van der Waals surface area contributed by atoms with Crippen LogP contribution in [-0.4, -0.2) is 44.4 Å². The molecule has 0 spiro atoms. The maximum atomic E-state index is 12.7. The highest BCUT2D eigenvalue weighted by Gasteiger charge is 2.32. The molecule has 1 aromatic heterocycles. The van der Waals surface area contributed by atoms with Crippen LogP contribution in [0.15, 0.2) is 48.7 Å². The van der Waals surface area contributed by atoms with Gasteiger partial charge in [-0.05, 0) is 42.3 Å². The Kier molecular flexibility index (Phi) is 5.79. The summed E-state index contributed by atoms with van der Waals surface area (Å²) in [4.78, 5) is 27.7. The van der Waals surface area contributed by atoms with E-state index in [1.165, 1.54) is 29.2 Å². The molecule has 1 aliphatic rings. The molecule has 10 heteroatoms. The van der Waals surface area contributed by atoms with E-state index in [4.69, 9.17) is 10.5 Å². The van der Waals surface area contributed by atoms with Crippen molar-refractivity contribution in [1.29, 1.82) is 5.26 Å². The summed E-state index contributed by atoms with van der Waals surface area (Å²) >= 11 is 1.54. The van der Waals surface area contributed by atoms with Gasteiger partial charge in [-0.25, -0.2) is 0 Å². The molecule has 0 radical (unpaired) electrons. The van der Waals surface area contributed by atoms with Crippen LogP contribution in [0.5, 0.6) is 11.5 Å². The number of nitriles is 1. The van der Waals surface area contributed by atoms with Gasteiger partial charge >= 0.3 is 0 Å². The van der Waals surface area contributed by atoms with Crippen LogP contribution in [0, 0.1) is 21.4 Å². The number of H-pyrrole nitrogens is 1. The standard InChI is InChI=1S/C21H19N5O4S/c22-9-15-11-31-12-25(15)21(27)19(23)7-13-10-24-20-6-5-17(8-18(13)20)30-16-3-1-14(2-4-16)26(28)29/h1-6,8,10,15,19,24H,7,11-12,23H2/t15-,19-/m0/s1. The number of nitrogens with one attached hydrogen (secondary N) is 1. The molecule has 9 nitrogen and oxygen atoms in total. The van der Waals surface area contributed by atoms with E-state index >= 15 is 0 Å². The normalized spacial score (nSPS) is 16.8. The van der Waals surface area contributed by atoms with Crippen LogP contribution in [0.2, 0.25) is 0 Å². The number of nitro benzene ring substituents is 1. The van der Waals surface area contributed by atoms with Gasteiger partial charge < -0.3 is 20.4 Å². The van der Waals surface area contributed by atoms with Gasteiger partial charge in [-0.1, -0.05) is 0 Å². The molecule has 0 bridgehead atoms. The summed E-state index contributed by atoms with van der Waals surface area (Å²) in [5.41, 5.74) is 7.92. The van der Waals surface area contributed by atoms with Crippen molar-refractivity contribution in [1.82, 2.24) is 9.88 Å². The largest absolute Gasteiger partial charge is 0.457 e. The molecule has 0 aliphatic carbocycles. The van der Waals surface area contributed by atoms with Gasteiger partial charge in [-0.2, -0.15) is 5.26 Å². The minimum atomic E-state index is -0.757. The highest BCUT2D eigenvalue weighted by molar-refractivity contribution is 7.99.